The van der Waals surface area contributed by atoms with Crippen LogP contribution in [0.2, 0.25) is 0 Å². The topological polar surface area (TPSA) is 71.2 Å². The van der Waals surface area contributed by atoms with E-state index in [0.29, 0.717) is 18.8 Å². The summed E-state index contributed by atoms with van der Waals surface area (Å²) < 4.78 is 0. The number of para-hydroxylation sites is 1. The highest BCUT2D eigenvalue weighted by atomic mass is 16.3. The molecular formula is C21H22N4O2. The molecule has 1 aliphatic rings. The van der Waals surface area contributed by atoms with E-state index in [1.54, 1.807) is 6.20 Å². The molecule has 0 radical (unpaired) electrons. The van der Waals surface area contributed by atoms with E-state index in [0.717, 1.165) is 17.7 Å². The molecule has 1 aromatic heterocycles. The van der Waals surface area contributed by atoms with Crippen molar-refractivity contribution < 1.29 is 9.90 Å². The van der Waals surface area contributed by atoms with Gasteiger partial charge in [-0.2, -0.15) is 15.0 Å². The molecular weight excluding hydrogens is 340 g/mol. The number of aliphatic hydroxyl groups is 1. The van der Waals surface area contributed by atoms with Crippen LogP contribution in [0.4, 0.5) is 0 Å². The molecule has 2 heterocycles. The zero-order valence-electron chi connectivity index (χ0n) is 15.0. The molecule has 2 aromatic carbocycles. The quantitative estimate of drug-likeness (QED) is 0.753. The first-order valence-corrected chi connectivity index (χ1v) is 9.11. The first-order chi connectivity index (χ1) is 13.2. The van der Waals surface area contributed by atoms with E-state index in [1.807, 2.05) is 65.6 Å². The molecule has 0 spiro atoms. The van der Waals surface area contributed by atoms with Gasteiger partial charge in [0.15, 0.2) is 0 Å². The highest BCUT2D eigenvalue weighted by molar-refractivity contribution is 5.78. The van der Waals surface area contributed by atoms with Gasteiger partial charge in [-0.05, 0) is 24.1 Å². The number of likely N-dealkylation sites (tertiary alicyclic amines) is 1. The molecule has 1 atom stereocenters. The highest BCUT2D eigenvalue weighted by Crippen LogP contribution is 2.34. The van der Waals surface area contributed by atoms with E-state index in [4.69, 9.17) is 0 Å². The Morgan fingerprint density at radius 1 is 1.07 bits per heavy atom. The minimum atomic E-state index is -0.376. The van der Waals surface area contributed by atoms with Crippen molar-refractivity contribution in [2.24, 2.45) is 0 Å². The molecule has 0 aliphatic carbocycles. The van der Waals surface area contributed by atoms with Crippen LogP contribution in [0.1, 0.15) is 17.7 Å². The molecule has 27 heavy (non-hydrogen) atoms. The highest BCUT2D eigenvalue weighted by Gasteiger charge is 2.40. The third-order valence-corrected chi connectivity index (χ3v) is 5.25. The van der Waals surface area contributed by atoms with Gasteiger partial charge in [-0.15, -0.1) is 0 Å². The lowest BCUT2D eigenvalue weighted by Gasteiger charge is -2.27. The summed E-state index contributed by atoms with van der Waals surface area (Å²) in [6, 6.07) is 19.6. The van der Waals surface area contributed by atoms with Gasteiger partial charge in [0.05, 0.1) is 30.6 Å². The van der Waals surface area contributed by atoms with Gasteiger partial charge >= 0.3 is 0 Å². The van der Waals surface area contributed by atoms with E-state index >= 15 is 0 Å². The number of aromatic nitrogens is 3. The van der Waals surface area contributed by atoms with Gasteiger partial charge in [-0.3, -0.25) is 4.79 Å². The van der Waals surface area contributed by atoms with Crippen LogP contribution in [-0.2, 0) is 16.6 Å². The predicted molar refractivity (Wildman–Crippen MR) is 101 cm³/mol. The van der Waals surface area contributed by atoms with Crippen molar-refractivity contribution >= 4 is 5.91 Å². The van der Waals surface area contributed by atoms with E-state index in [1.165, 1.54) is 4.80 Å². The molecule has 6 heteroatoms. The van der Waals surface area contributed by atoms with Crippen LogP contribution in [0.15, 0.2) is 66.9 Å². The maximum atomic E-state index is 12.8. The minimum absolute atomic E-state index is 0.0152. The fourth-order valence-corrected chi connectivity index (χ4v) is 3.66. The summed E-state index contributed by atoms with van der Waals surface area (Å²) in [5.74, 6) is 0.0152. The lowest BCUT2D eigenvalue weighted by Crippen LogP contribution is -2.37. The Balaban J connectivity index is 1.45. The van der Waals surface area contributed by atoms with Gasteiger partial charge in [0.1, 0.15) is 0 Å². The Labute approximate surface area is 158 Å². The Bertz CT molecular complexity index is 910. The van der Waals surface area contributed by atoms with E-state index in [2.05, 4.69) is 10.2 Å². The molecule has 1 aliphatic heterocycles. The zero-order valence-corrected chi connectivity index (χ0v) is 15.0. The van der Waals surface area contributed by atoms with E-state index in [9.17, 15) is 9.90 Å². The van der Waals surface area contributed by atoms with Crippen molar-refractivity contribution in [3.63, 3.8) is 0 Å². The van der Waals surface area contributed by atoms with Crippen molar-refractivity contribution in [1.29, 1.82) is 0 Å². The van der Waals surface area contributed by atoms with Crippen molar-refractivity contribution in [3.05, 3.63) is 78.1 Å². The molecule has 0 saturated carbocycles. The fraction of sp³-hybridized carbons (Fsp3) is 0.286. The second-order valence-electron chi connectivity index (χ2n) is 7.01. The van der Waals surface area contributed by atoms with Gasteiger partial charge in [0.25, 0.3) is 0 Å². The smallest absolute Gasteiger partial charge is 0.228 e. The molecule has 6 nitrogen and oxygen atoms in total. The summed E-state index contributed by atoms with van der Waals surface area (Å²) in [6.07, 6.45) is 2.61. The monoisotopic (exact) mass is 362 g/mol. The zero-order chi connectivity index (χ0) is 18.7. The van der Waals surface area contributed by atoms with Crippen molar-refractivity contribution in [2.45, 2.75) is 18.3 Å². The molecule has 1 fully saturated rings. The first kappa shape index (κ1) is 17.4. The Morgan fingerprint density at radius 3 is 2.48 bits per heavy atom. The number of carbonyl (C=O) groups is 1. The predicted octanol–water partition coefficient (Wildman–Crippen LogP) is 1.97. The second-order valence-corrected chi connectivity index (χ2v) is 7.01. The maximum Gasteiger partial charge on any atom is 0.228 e. The Kier molecular flexibility index (Phi) is 4.73. The summed E-state index contributed by atoms with van der Waals surface area (Å²) in [4.78, 5) is 16.1. The summed E-state index contributed by atoms with van der Waals surface area (Å²) in [5.41, 5.74) is 2.21. The second kappa shape index (κ2) is 7.32. The van der Waals surface area contributed by atoms with Gasteiger partial charge in [-0.25, -0.2) is 0 Å². The van der Waals surface area contributed by atoms with Gasteiger partial charge in [0, 0.05) is 18.5 Å². The lowest BCUT2D eigenvalue weighted by molar-refractivity contribution is -0.129. The standard InChI is InChI=1S/C21H22N4O2/c26-16-21(17-7-3-1-4-8-17)11-12-24(15-21)20(27)13-18-14-22-25(23-18)19-9-5-2-6-10-19/h1-10,14,26H,11-13,15-16H2. The molecule has 1 N–H and O–H groups in total. The molecule has 1 amide bonds. The van der Waals surface area contributed by atoms with Crippen LogP contribution in [0.3, 0.4) is 0 Å². The Hall–Kier alpha value is -2.99. The first-order valence-electron chi connectivity index (χ1n) is 9.11. The van der Waals surface area contributed by atoms with Crippen LogP contribution in [0, 0.1) is 0 Å². The summed E-state index contributed by atoms with van der Waals surface area (Å²) >= 11 is 0. The number of hydrogen-bond acceptors (Lipinski definition) is 4. The number of nitrogens with zero attached hydrogens (tertiary/aromatic N) is 4. The van der Waals surface area contributed by atoms with Crippen LogP contribution in [0.5, 0.6) is 0 Å². The van der Waals surface area contributed by atoms with Crippen LogP contribution in [0.25, 0.3) is 5.69 Å². The Morgan fingerprint density at radius 2 is 1.78 bits per heavy atom. The van der Waals surface area contributed by atoms with E-state index in [-0.39, 0.29) is 24.3 Å². The largest absolute Gasteiger partial charge is 0.395 e. The molecule has 1 unspecified atom stereocenters. The number of benzene rings is 2. The van der Waals surface area contributed by atoms with Gasteiger partial charge < -0.3 is 10.0 Å². The van der Waals surface area contributed by atoms with Crippen LogP contribution in [-0.4, -0.2) is 50.6 Å². The van der Waals surface area contributed by atoms with Crippen molar-refractivity contribution in [2.75, 3.05) is 19.7 Å². The number of aliphatic hydroxyl groups excluding tert-OH is 1. The van der Waals surface area contributed by atoms with Crippen LogP contribution < -0.4 is 0 Å². The molecule has 0 bridgehead atoms. The fourth-order valence-electron chi connectivity index (χ4n) is 3.66. The maximum absolute atomic E-state index is 12.8. The van der Waals surface area contributed by atoms with Crippen molar-refractivity contribution in [1.82, 2.24) is 19.9 Å². The number of carbonyl (C=O) groups excluding carboxylic acids is 1. The summed E-state index contributed by atoms with van der Waals surface area (Å²) in [6.45, 7) is 1.20. The van der Waals surface area contributed by atoms with E-state index < -0.39 is 0 Å². The van der Waals surface area contributed by atoms with Crippen LogP contribution >= 0.6 is 0 Å². The third kappa shape index (κ3) is 3.48. The summed E-state index contributed by atoms with van der Waals surface area (Å²) in [5, 5.41) is 18.7. The summed E-state index contributed by atoms with van der Waals surface area (Å²) in [7, 11) is 0. The number of hydrogen-bond donors (Lipinski definition) is 1. The molecule has 4 rings (SSSR count). The normalized spacial score (nSPS) is 19.4. The number of rotatable bonds is 5. The van der Waals surface area contributed by atoms with Gasteiger partial charge in [-0.1, -0.05) is 48.5 Å². The lowest BCUT2D eigenvalue weighted by atomic mass is 9.80. The SMILES string of the molecule is O=C(Cc1cnn(-c2ccccc2)n1)N1CCC(CO)(c2ccccc2)C1. The van der Waals surface area contributed by atoms with Crippen molar-refractivity contribution in [3.8, 4) is 5.69 Å². The third-order valence-electron chi connectivity index (χ3n) is 5.25. The molecule has 3 aromatic rings. The average Bonchev–Trinajstić information content (AvgIpc) is 3.37. The minimum Gasteiger partial charge on any atom is -0.395 e. The molecule has 1 saturated heterocycles. The van der Waals surface area contributed by atoms with Gasteiger partial charge in [0.2, 0.25) is 5.91 Å². The molecule has 138 valence electrons. The number of amides is 1. The average molecular weight is 362 g/mol.